The molecule has 23 heavy (non-hydrogen) atoms. The van der Waals surface area contributed by atoms with Crippen LogP contribution in [0.2, 0.25) is 5.02 Å². The van der Waals surface area contributed by atoms with Gasteiger partial charge in [0.25, 0.3) is 11.8 Å². The van der Waals surface area contributed by atoms with Crippen molar-refractivity contribution in [3.63, 3.8) is 0 Å². The van der Waals surface area contributed by atoms with E-state index in [9.17, 15) is 14.0 Å². The molecular formula is C15H12BrClFN3O2. The molecule has 2 rings (SSSR count). The quantitative estimate of drug-likeness (QED) is 0.691. The van der Waals surface area contributed by atoms with Crippen LogP contribution in [0.4, 0.5) is 10.1 Å². The maximum atomic E-state index is 13.0. The van der Waals surface area contributed by atoms with E-state index >= 15 is 0 Å². The van der Waals surface area contributed by atoms with Gasteiger partial charge in [-0.25, -0.2) is 4.39 Å². The zero-order chi connectivity index (χ0) is 16.8. The van der Waals surface area contributed by atoms with Gasteiger partial charge in [0.1, 0.15) is 5.82 Å². The zero-order valence-corrected chi connectivity index (χ0v) is 14.0. The van der Waals surface area contributed by atoms with Crippen molar-refractivity contribution < 1.29 is 14.0 Å². The summed E-state index contributed by atoms with van der Waals surface area (Å²) in [7, 11) is 0. The fraction of sp³-hybridized carbons (Fsp3) is 0.0667. The number of hydrogen-bond acceptors (Lipinski definition) is 3. The maximum Gasteiger partial charge on any atom is 0.270 e. The molecule has 8 heteroatoms. The molecule has 0 unspecified atom stereocenters. The lowest BCUT2D eigenvalue weighted by molar-refractivity contribution is -0.120. The number of amides is 2. The molecule has 0 saturated heterocycles. The Morgan fingerprint density at radius 1 is 1.13 bits per heavy atom. The molecule has 2 aromatic rings. The molecule has 0 aliphatic heterocycles. The molecule has 2 aromatic carbocycles. The molecule has 120 valence electrons. The second-order valence-corrected chi connectivity index (χ2v) is 5.73. The number of hydrogen-bond donors (Lipinski definition) is 3. The number of hydrazine groups is 1. The molecule has 0 aromatic heterocycles. The minimum Gasteiger partial charge on any atom is -0.376 e. The Bertz CT molecular complexity index is 742. The number of benzene rings is 2. The van der Waals surface area contributed by atoms with Crippen LogP contribution in [-0.2, 0) is 4.79 Å². The smallest absolute Gasteiger partial charge is 0.270 e. The zero-order valence-electron chi connectivity index (χ0n) is 11.7. The number of nitrogens with one attached hydrogen (secondary N) is 3. The monoisotopic (exact) mass is 399 g/mol. The van der Waals surface area contributed by atoms with E-state index < -0.39 is 17.6 Å². The van der Waals surface area contributed by atoms with Crippen LogP contribution in [0.1, 0.15) is 10.4 Å². The van der Waals surface area contributed by atoms with Crippen LogP contribution in [0.3, 0.4) is 0 Å². The topological polar surface area (TPSA) is 70.2 Å². The fourth-order valence-corrected chi connectivity index (χ4v) is 2.32. The second kappa shape index (κ2) is 7.94. The van der Waals surface area contributed by atoms with Gasteiger partial charge in [-0.2, -0.15) is 0 Å². The Hall–Kier alpha value is -2.12. The fourth-order valence-electron chi connectivity index (χ4n) is 1.67. The third-order valence-electron chi connectivity index (χ3n) is 2.81. The molecule has 5 nitrogen and oxygen atoms in total. The number of rotatable bonds is 4. The van der Waals surface area contributed by atoms with E-state index in [-0.39, 0.29) is 11.6 Å². The molecule has 0 bridgehead atoms. The van der Waals surface area contributed by atoms with Crippen LogP contribution < -0.4 is 16.2 Å². The highest BCUT2D eigenvalue weighted by molar-refractivity contribution is 9.10. The highest BCUT2D eigenvalue weighted by Gasteiger charge is 2.10. The summed E-state index contributed by atoms with van der Waals surface area (Å²) >= 11 is 8.89. The Morgan fingerprint density at radius 3 is 2.57 bits per heavy atom. The highest BCUT2D eigenvalue weighted by atomic mass is 79.9. The molecular weight excluding hydrogens is 389 g/mol. The predicted molar refractivity (Wildman–Crippen MR) is 89.7 cm³/mol. The van der Waals surface area contributed by atoms with Crippen molar-refractivity contribution >= 4 is 45.0 Å². The summed E-state index contributed by atoms with van der Waals surface area (Å²) in [6.45, 7) is -0.113. The lowest BCUT2D eigenvalue weighted by Crippen LogP contribution is -2.44. The van der Waals surface area contributed by atoms with E-state index in [1.54, 1.807) is 24.3 Å². The number of carbonyl (C=O) groups is 2. The molecule has 0 spiro atoms. The second-order valence-electron chi connectivity index (χ2n) is 4.46. The highest BCUT2D eigenvalue weighted by Crippen LogP contribution is 2.19. The first-order valence-corrected chi connectivity index (χ1v) is 7.67. The summed E-state index contributed by atoms with van der Waals surface area (Å²) in [6.07, 6.45) is 0. The predicted octanol–water partition coefficient (Wildman–Crippen LogP) is 3.11. The summed E-state index contributed by atoms with van der Waals surface area (Å²) in [5, 5.41) is 2.72. The normalized spacial score (nSPS) is 10.0. The van der Waals surface area contributed by atoms with Crippen LogP contribution in [-0.4, -0.2) is 18.4 Å². The first kappa shape index (κ1) is 17.2. The number of anilines is 1. The van der Waals surface area contributed by atoms with Crippen molar-refractivity contribution in [3.05, 3.63) is 63.3 Å². The van der Waals surface area contributed by atoms with Crippen molar-refractivity contribution in [1.82, 2.24) is 10.9 Å². The van der Waals surface area contributed by atoms with Gasteiger partial charge in [-0.3, -0.25) is 20.4 Å². The lowest BCUT2D eigenvalue weighted by Gasteiger charge is -2.10. The molecule has 2 amide bonds. The van der Waals surface area contributed by atoms with E-state index in [1.165, 1.54) is 18.2 Å². The van der Waals surface area contributed by atoms with Crippen LogP contribution >= 0.6 is 27.5 Å². The van der Waals surface area contributed by atoms with E-state index in [0.29, 0.717) is 15.7 Å². The third-order valence-corrected chi connectivity index (χ3v) is 3.79. The summed E-state index contributed by atoms with van der Waals surface area (Å²) in [4.78, 5) is 23.6. The van der Waals surface area contributed by atoms with Gasteiger partial charge in [0.15, 0.2) is 0 Å². The minimum atomic E-state index is -0.539. The number of carbonyl (C=O) groups excluding carboxylic acids is 2. The summed E-state index contributed by atoms with van der Waals surface area (Å²) in [5.41, 5.74) is 5.46. The Morgan fingerprint density at radius 2 is 1.87 bits per heavy atom. The standard InChI is InChI=1S/C15H12BrClFN3O2/c16-11-4-2-1-3-10(11)15(23)21-20-14(22)8-19-9-5-6-13(18)12(17)7-9/h1-7,19H,8H2,(H,20,22)(H,21,23). The Labute approximate surface area is 145 Å². The van der Waals surface area contributed by atoms with Crippen molar-refractivity contribution in [1.29, 1.82) is 0 Å². The van der Waals surface area contributed by atoms with Crippen LogP contribution in [0.15, 0.2) is 46.9 Å². The largest absolute Gasteiger partial charge is 0.376 e. The van der Waals surface area contributed by atoms with Gasteiger partial charge in [0, 0.05) is 10.2 Å². The van der Waals surface area contributed by atoms with E-state index in [1.807, 2.05) is 0 Å². The first-order valence-electron chi connectivity index (χ1n) is 6.50. The molecule has 0 aliphatic rings. The van der Waals surface area contributed by atoms with Crippen LogP contribution in [0.5, 0.6) is 0 Å². The van der Waals surface area contributed by atoms with E-state index in [0.717, 1.165) is 0 Å². The lowest BCUT2D eigenvalue weighted by atomic mass is 10.2. The Kier molecular flexibility index (Phi) is 5.95. The maximum absolute atomic E-state index is 13.0. The first-order chi connectivity index (χ1) is 11.0. The van der Waals surface area contributed by atoms with E-state index in [2.05, 4.69) is 32.1 Å². The molecule has 0 saturated carbocycles. The summed E-state index contributed by atoms with van der Waals surface area (Å²) in [5.74, 6) is -1.45. The summed E-state index contributed by atoms with van der Waals surface area (Å²) in [6, 6.07) is 10.8. The SMILES string of the molecule is O=C(CNc1ccc(F)c(Cl)c1)NNC(=O)c1ccccc1Br. The van der Waals surface area contributed by atoms with Crippen molar-refractivity contribution in [3.8, 4) is 0 Å². The van der Waals surface area contributed by atoms with Gasteiger partial charge >= 0.3 is 0 Å². The van der Waals surface area contributed by atoms with Gasteiger partial charge < -0.3 is 5.32 Å². The van der Waals surface area contributed by atoms with Crippen molar-refractivity contribution in [2.75, 3.05) is 11.9 Å². The van der Waals surface area contributed by atoms with Crippen LogP contribution in [0.25, 0.3) is 0 Å². The van der Waals surface area contributed by atoms with Gasteiger partial charge in [-0.05, 0) is 46.3 Å². The van der Waals surface area contributed by atoms with Gasteiger partial charge in [0.05, 0.1) is 17.1 Å². The molecule has 0 fully saturated rings. The molecule has 0 radical (unpaired) electrons. The van der Waals surface area contributed by atoms with Gasteiger partial charge in [0.2, 0.25) is 0 Å². The average Bonchev–Trinajstić information content (AvgIpc) is 2.54. The van der Waals surface area contributed by atoms with Crippen LogP contribution in [0, 0.1) is 5.82 Å². The van der Waals surface area contributed by atoms with E-state index in [4.69, 9.17) is 11.6 Å². The van der Waals surface area contributed by atoms with Crippen molar-refractivity contribution in [2.24, 2.45) is 0 Å². The average molecular weight is 401 g/mol. The molecule has 0 aliphatic carbocycles. The van der Waals surface area contributed by atoms with Gasteiger partial charge in [-0.15, -0.1) is 0 Å². The third kappa shape index (κ3) is 4.94. The minimum absolute atomic E-state index is 0.0439. The molecule has 3 N–H and O–H groups in total. The molecule has 0 heterocycles. The number of halogens is 3. The molecule has 0 atom stereocenters. The van der Waals surface area contributed by atoms with Gasteiger partial charge in [-0.1, -0.05) is 23.7 Å². The van der Waals surface area contributed by atoms with Crippen molar-refractivity contribution in [2.45, 2.75) is 0 Å². The Balaban J connectivity index is 1.82. The summed E-state index contributed by atoms with van der Waals surface area (Å²) < 4.78 is 13.6.